The smallest absolute Gasteiger partial charge is 0.328 e. The zero-order valence-electron chi connectivity index (χ0n) is 32.2. The molecule has 0 N–H and O–H groups in total. The van der Waals surface area contributed by atoms with Gasteiger partial charge in [-0.15, -0.1) is 0 Å². The molecule has 0 radical (unpaired) electrons. The fraction of sp³-hybridized carbons (Fsp3) is 1.00. The number of rotatable bonds is 32. The number of quaternary nitrogens is 2. The summed E-state index contributed by atoms with van der Waals surface area (Å²) >= 11 is 0. The summed E-state index contributed by atoms with van der Waals surface area (Å²) in [5.74, 6) is -36.4. The predicted molar refractivity (Wildman–Crippen MR) is 182 cm³/mol. The van der Waals surface area contributed by atoms with E-state index in [1.165, 1.54) is 96.6 Å². The summed E-state index contributed by atoms with van der Waals surface area (Å²) in [6.07, 6.45) is 13.3. The fourth-order valence-electron chi connectivity index (χ4n) is 6.43. The molecular formula is C37H67F13N2+2. The van der Waals surface area contributed by atoms with Crippen LogP contribution < -0.4 is 0 Å². The molecule has 0 aliphatic carbocycles. The molecule has 0 aromatic rings. The van der Waals surface area contributed by atoms with Crippen molar-refractivity contribution in [2.24, 2.45) is 0 Å². The zero-order valence-corrected chi connectivity index (χ0v) is 32.2. The van der Waals surface area contributed by atoms with Crippen molar-refractivity contribution in [3.63, 3.8) is 0 Å². The highest BCUT2D eigenvalue weighted by atomic mass is 19.4. The summed E-state index contributed by atoms with van der Waals surface area (Å²) in [5, 5.41) is 0. The molecule has 0 aromatic heterocycles. The number of hydrogen-bond acceptors (Lipinski definition) is 0. The Morgan fingerprint density at radius 3 is 0.846 bits per heavy atom. The predicted octanol–water partition coefficient (Wildman–Crippen LogP) is 13.5. The second-order valence-electron chi connectivity index (χ2n) is 16.1. The second-order valence-corrected chi connectivity index (χ2v) is 16.1. The van der Waals surface area contributed by atoms with E-state index in [1.807, 2.05) is 0 Å². The monoisotopic (exact) mass is 787 g/mol. The molecule has 0 heterocycles. The molecule has 0 atom stereocenters. The minimum absolute atomic E-state index is 0.00484. The third-order valence-electron chi connectivity index (χ3n) is 10.1. The maximum atomic E-state index is 14.1. The van der Waals surface area contributed by atoms with Gasteiger partial charge in [0.25, 0.3) is 0 Å². The van der Waals surface area contributed by atoms with Crippen LogP contribution in [0.15, 0.2) is 0 Å². The van der Waals surface area contributed by atoms with Gasteiger partial charge in [-0.3, -0.25) is 0 Å². The van der Waals surface area contributed by atoms with Crippen LogP contribution in [-0.4, -0.2) is 99.1 Å². The summed E-state index contributed by atoms with van der Waals surface area (Å²) in [7, 11) is 7.74. The quantitative estimate of drug-likeness (QED) is 0.0362. The van der Waals surface area contributed by atoms with Crippen LogP contribution in [0.25, 0.3) is 0 Å². The SMILES string of the molecule is CCCCCCCCCCCC[N+](C)(C)CCCCCCCCCCCC[N+](C)(C)CCCC(F)(F)C(F)(F)C(F)(F)C(F)(F)C(F)(F)C(F)(F)F. The van der Waals surface area contributed by atoms with Crippen molar-refractivity contribution >= 4 is 0 Å². The van der Waals surface area contributed by atoms with E-state index in [1.54, 1.807) is 14.1 Å². The Labute approximate surface area is 304 Å². The molecule has 0 aliphatic heterocycles. The van der Waals surface area contributed by atoms with Gasteiger partial charge in [0, 0.05) is 12.8 Å². The fourth-order valence-corrected chi connectivity index (χ4v) is 6.43. The van der Waals surface area contributed by atoms with Gasteiger partial charge < -0.3 is 8.97 Å². The van der Waals surface area contributed by atoms with Crippen molar-refractivity contribution in [3.05, 3.63) is 0 Å². The van der Waals surface area contributed by atoms with Crippen molar-refractivity contribution in [2.75, 3.05) is 54.4 Å². The van der Waals surface area contributed by atoms with E-state index in [4.69, 9.17) is 0 Å². The number of halogens is 13. The lowest BCUT2D eigenvalue weighted by Gasteiger charge is -2.40. The highest BCUT2D eigenvalue weighted by molar-refractivity contribution is 5.10. The van der Waals surface area contributed by atoms with Crippen LogP contribution in [0.5, 0.6) is 0 Å². The third kappa shape index (κ3) is 16.8. The summed E-state index contributed by atoms with van der Waals surface area (Å²) in [6.45, 7) is 4.77. The van der Waals surface area contributed by atoms with E-state index in [-0.39, 0.29) is 11.0 Å². The molecule has 314 valence electrons. The minimum atomic E-state index is -7.84. The Morgan fingerprint density at radius 2 is 0.558 bits per heavy atom. The van der Waals surface area contributed by atoms with Crippen LogP contribution in [0.2, 0.25) is 0 Å². The molecule has 0 bridgehead atoms. The molecule has 2 nitrogen and oxygen atoms in total. The first kappa shape index (κ1) is 51.0. The van der Waals surface area contributed by atoms with Gasteiger partial charge >= 0.3 is 35.8 Å². The van der Waals surface area contributed by atoms with Gasteiger partial charge in [0.2, 0.25) is 0 Å². The van der Waals surface area contributed by atoms with Crippen molar-refractivity contribution in [1.82, 2.24) is 0 Å². The van der Waals surface area contributed by atoms with Gasteiger partial charge in [-0.25, -0.2) is 0 Å². The minimum Gasteiger partial charge on any atom is -0.328 e. The third-order valence-corrected chi connectivity index (χ3v) is 10.1. The van der Waals surface area contributed by atoms with Crippen molar-refractivity contribution in [1.29, 1.82) is 0 Å². The van der Waals surface area contributed by atoms with Gasteiger partial charge in [-0.1, -0.05) is 96.8 Å². The van der Waals surface area contributed by atoms with E-state index >= 15 is 0 Å². The number of alkyl halides is 13. The molecule has 0 saturated carbocycles. The number of nitrogens with zero attached hydrogens (tertiary/aromatic N) is 2. The maximum absolute atomic E-state index is 14.1. The Morgan fingerprint density at radius 1 is 0.308 bits per heavy atom. The first-order valence-electron chi connectivity index (χ1n) is 19.3. The van der Waals surface area contributed by atoms with Crippen molar-refractivity contribution in [2.45, 2.75) is 184 Å². The highest BCUT2D eigenvalue weighted by Crippen LogP contribution is 2.60. The topological polar surface area (TPSA) is 0 Å². The van der Waals surface area contributed by atoms with Crippen LogP contribution in [-0.2, 0) is 0 Å². The molecule has 15 heteroatoms. The Balaban J connectivity index is 4.19. The average molecular weight is 787 g/mol. The normalized spacial score (nSPS) is 14.4. The lowest BCUT2D eigenvalue weighted by Crippen LogP contribution is -2.70. The number of unbranched alkanes of at least 4 members (excludes halogenated alkanes) is 18. The van der Waals surface area contributed by atoms with Crippen LogP contribution in [0.3, 0.4) is 0 Å². The first-order valence-corrected chi connectivity index (χ1v) is 19.3. The summed E-state index contributed by atoms with van der Waals surface area (Å²) in [4.78, 5) is 0. The van der Waals surface area contributed by atoms with Gasteiger partial charge in [-0.2, -0.15) is 57.1 Å². The summed E-state index contributed by atoms with van der Waals surface area (Å²) in [6, 6.07) is 0. The molecule has 0 saturated heterocycles. The van der Waals surface area contributed by atoms with Crippen LogP contribution >= 0.6 is 0 Å². The maximum Gasteiger partial charge on any atom is 0.460 e. The molecule has 0 aliphatic rings. The summed E-state index contributed by atoms with van der Waals surface area (Å²) < 4.78 is 174. The summed E-state index contributed by atoms with van der Waals surface area (Å²) in [5.41, 5.74) is 0. The molecule has 0 fully saturated rings. The molecule has 52 heavy (non-hydrogen) atoms. The van der Waals surface area contributed by atoms with E-state index in [9.17, 15) is 57.1 Å². The van der Waals surface area contributed by atoms with Crippen LogP contribution in [0.4, 0.5) is 57.1 Å². The molecule has 0 aromatic carbocycles. The Hall–Kier alpha value is -0.990. The Bertz CT molecular complexity index is 935. The second kappa shape index (κ2) is 22.5. The van der Waals surface area contributed by atoms with E-state index in [0.29, 0.717) is 13.0 Å². The lowest BCUT2D eigenvalue weighted by atomic mass is 9.92. The van der Waals surface area contributed by atoms with E-state index < -0.39 is 48.6 Å². The highest BCUT2D eigenvalue weighted by Gasteiger charge is 2.90. The largest absolute Gasteiger partial charge is 0.460 e. The van der Waals surface area contributed by atoms with E-state index in [0.717, 1.165) is 43.0 Å². The lowest BCUT2D eigenvalue weighted by molar-refractivity contribution is -0.890. The Kier molecular flexibility index (Phi) is 22.1. The van der Waals surface area contributed by atoms with Gasteiger partial charge in [0.1, 0.15) is 0 Å². The molecule has 0 rings (SSSR count). The molecule has 0 spiro atoms. The zero-order chi connectivity index (χ0) is 40.4. The van der Waals surface area contributed by atoms with Gasteiger partial charge in [-0.05, 0) is 38.5 Å². The average Bonchev–Trinajstić information content (AvgIpc) is 3.01. The van der Waals surface area contributed by atoms with Gasteiger partial charge in [0.05, 0.1) is 54.4 Å². The molecular weight excluding hydrogens is 719 g/mol. The van der Waals surface area contributed by atoms with Crippen molar-refractivity contribution in [3.8, 4) is 0 Å². The standard InChI is InChI=1S/C37H67F13N2/c1-6-7-8-9-10-11-14-17-20-23-28-51(2,3)29-24-21-18-15-12-13-16-19-22-25-30-52(4,5)31-26-27-32(38,39)33(40,41)34(42,43)35(44,45)36(46,47)37(48,49)50/h6-31H2,1-5H3/q+2. The number of hydrogen-bond donors (Lipinski definition) is 0. The van der Waals surface area contributed by atoms with Crippen LogP contribution in [0, 0.1) is 0 Å². The first-order chi connectivity index (χ1) is 23.7. The molecule has 0 unspecified atom stereocenters. The van der Waals surface area contributed by atoms with E-state index in [2.05, 4.69) is 21.0 Å². The molecule has 0 amide bonds. The van der Waals surface area contributed by atoms with Gasteiger partial charge in [0.15, 0.2) is 0 Å². The van der Waals surface area contributed by atoms with Crippen LogP contribution in [0.1, 0.15) is 148 Å². The van der Waals surface area contributed by atoms with Crippen molar-refractivity contribution < 1.29 is 66.0 Å².